The number of ether oxygens (including phenoxy) is 1. The molecule has 0 atom stereocenters. The van der Waals surface area contributed by atoms with E-state index in [2.05, 4.69) is 10.6 Å². The van der Waals surface area contributed by atoms with Crippen molar-refractivity contribution in [3.8, 4) is 5.75 Å². The standard InChI is InChI=1S/C20H31N3O3/c1-3-23(14-19(24)21-13-16-8-5-4-6-9-16)15-20(25)22-17-10-7-11-18(12-17)26-2/h7,10-12,16H,3-6,8-9,13-15H2,1-2H3,(H,21,24)(H,22,25). The smallest absolute Gasteiger partial charge is 0.238 e. The molecular formula is C20H31N3O3. The Bertz CT molecular complexity index is 585. The molecule has 0 aliphatic heterocycles. The zero-order valence-corrected chi connectivity index (χ0v) is 15.9. The average Bonchev–Trinajstić information content (AvgIpc) is 2.66. The SMILES string of the molecule is CCN(CC(=O)NCC1CCCCC1)CC(=O)Nc1cccc(OC)c1. The first-order valence-corrected chi connectivity index (χ1v) is 9.53. The molecule has 144 valence electrons. The van der Waals surface area contributed by atoms with Crippen molar-refractivity contribution in [1.82, 2.24) is 10.2 Å². The van der Waals surface area contributed by atoms with Crippen LogP contribution in [0.25, 0.3) is 0 Å². The fourth-order valence-corrected chi connectivity index (χ4v) is 3.29. The van der Waals surface area contributed by atoms with Gasteiger partial charge in [-0.15, -0.1) is 0 Å². The van der Waals surface area contributed by atoms with E-state index < -0.39 is 0 Å². The molecule has 0 spiro atoms. The second kappa shape index (κ2) is 10.8. The van der Waals surface area contributed by atoms with E-state index in [9.17, 15) is 9.59 Å². The molecular weight excluding hydrogens is 330 g/mol. The van der Waals surface area contributed by atoms with Crippen molar-refractivity contribution in [2.75, 3.05) is 38.6 Å². The van der Waals surface area contributed by atoms with Crippen molar-refractivity contribution in [3.05, 3.63) is 24.3 Å². The van der Waals surface area contributed by atoms with E-state index in [4.69, 9.17) is 4.74 Å². The third-order valence-electron chi connectivity index (χ3n) is 4.85. The summed E-state index contributed by atoms with van der Waals surface area (Å²) in [5.41, 5.74) is 0.687. The largest absolute Gasteiger partial charge is 0.497 e. The summed E-state index contributed by atoms with van der Waals surface area (Å²) in [6.07, 6.45) is 6.27. The first-order chi connectivity index (χ1) is 12.6. The number of anilines is 1. The van der Waals surface area contributed by atoms with Crippen LogP contribution in [0, 0.1) is 5.92 Å². The van der Waals surface area contributed by atoms with E-state index in [1.54, 1.807) is 13.2 Å². The van der Waals surface area contributed by atoms with Gasteiger partial charge in [-0.2, -0.15) is 0 Å². The zero-order chi connectivity index (χ0) is 18.8. The van der Waals surface area contributed by atoms with Crippen LogP contribution in [-0.4, -0.2) is 50.0 Å². The van der Waals surface area contributed by atoms with Gasteiger partial charge in [0.05, 0.1) is 20.2 Å². The van der Waals surface area contributed by atoms with E-state index in [-0.39, 0.29) is 24.9 Å². The number of carbonyl (C=O) groups is 2. The molecule has 1 aliphatic carbocycles. The first-order valence-electron chi connectivity index (χ1n) is 9.53. The molecule has 2 rings (SSSR count). The van der Waals surface area contributed by atoms with Crippen molar-refractivity contribution < 1.29 is 14.3 Å². The minimum absolute atomic E-state index is 0.00777. The van der Waals surface area contributed by atoms with Gasteiger partial charge in [-0.1, -0.05) is 32.3 Å². The molecule has 0 saturated heterocycles. The van der Waals surface area contributed by atoms with Gasteiger partial charge >= 0.3 is 0 Å². The second-order valence-corrected chi connectivity index (χ2v) is 6.89. The van der Waals surface area contributed by atoms with E-state index in [1.807, 2.05) is 30.0 Å². The Morgan fingerprint density at radius 3 is 2.58 bits per heavy atom. The maximum atomic E-state index is 12.2. The van der Waals surface area contributed by atoms with E-state index >= 15 is 0 Å². The highest BCUT2D eigenvalue weighted by Gasteiger charge is 2.16. The Morgan fingerprint density at radius 1 is 1.15 bits per heavy atom. The Morgan fingerprint density at radius 2 is 1.88 bits per heavy atom. The summed E-state index contributed by atoms with van der Waals surface area (Å²) < 4.78 is 5.15. The molecule has 0 radical (unpaired) electrons. The number of likely N-dealkylation sites (N-methyl/N-ethyl adjacent to an activating group) is 1. The molecule has 0 heterocycles. The average molecular weight is 361 g/mol. The number of carbonyl (C=O) groups excluding carboxylic acids is 2. The second-order valence-electron chi connectivity index (χ2n) is 6.89. The van der Waals surface area contributed by atoms with Crippen LogP contribution in [-0.2, 0) is 9.59 Å². The fourth-order valence-electron chi connectivity index (χ4n) is 3.29. The summed E-state index contributed by atoms with van der Waals surface area (Å²) in [7, 11) is 1.59. The van der Waals surface area contributed by atoms with Crippen LogP contribution in [0.5, 0.6) is 5.75 Å². The molecule has 2 N–H and O–H groups in total. The van der Waals surface area contributed by atoms with Crippen LogP contribution in [0.3, 0.4) is 0 Å². The molecule has 0 unspecified atom stereocenters. The summed E-state index contributed by atoms with van der Waals surface area (Å²) in [6.45, 7) is 3.78. The summed E-state index contributed by atoms with van der Waals surface area (Å²) in [5, 5.41) is 5.87. The molecule has 2 amide bonds. The van der Waals surface area contributed by atoms with E-state index in [1.165, 1.54) is 32.1 Å². The first kappa shape index (κ1) is 20.2. The van der Waals surface area contributed by atoms with Gasteiger partial charge in [0.1, 0.15) is 5.75 Å². The highest BCUT2D eigenvalue weighted by atomic mass is 16.5. The van der Waals surface area contributed by atoms with Crippen LogP contribution in [0.15, 0.2) is 24.3 Å². The molecule has 0 aromatic heterocycles. The molecule has 1 aromatic carbocycles. The highest BCUT2D eigenvalue weighted by Crippen LogP contribution is 2.22. The zero-order valence-electron chi connectivity index (χ0n) is 15.9. The number of hydrogen-bond donors (Lipinski definition) is 2. The Labute approximate surface area is 156 Å². The van der Waals surface area contributed by atoms with Gasteiger partial charge in [-0.25, -0.2) is 0 Å². The lowest BCUT2D eigenvalue weighted by molar-refractivity contribution is -0.123. The van der Waals surface area contributed by atoms with Crippen molar-refractivity contribution in [2.24, 2.45) is 5.92 Å². The van der Waals surface area contributed by atoms with Crippen molar-refractivity contribution in [2.45, 2.75) is 39.0 Å². The van der Waals surface area contributed by atoms with Gasteiger partial charge in [-0.05, 0) is 37.4 Å². The number of rotatable bonds is 9. The van der Waals surface area contributed by atoms with Gasteiger partial charge in [0, 0.05) is 18.3 Å². The monoisotopic (exact) mass is 361 g/mol. The minimum Gasteiger partial charge on any atom is -0.497 e. The summed E-state index contributed by atoms with van der Waals surface area (Å²) in [6, 6.07) is 7.23. The summed E-state index contributed by atoms with van der Waals surface area (Å²) >= 11 is 0. The van der Waals surface area contributed by atoms with Gasteiger partial charge in [0.25, 0.3) is 0 Å². The normalized spacial score (nSPS) is 14.9. The van der Waals surface area contributed by atoms with Crippen molar-refractivity contribution >= 4 is 17.5 Å². The lowest BCUT2D eigenvalue weighted by Gasteiger charge is -2.23. The van der Waals surface area contributed by atoms with Crippen molar-refractivity contribution in [1.29, 1.82) is 0 Å². The number of hydrogen-bond acceptors (Lipinski definition) is 4. The Kier molecular flexibility index (Phi) is 8.41. The van der Waals surface area contributed by atoms with Gasteiger partial charge in [0.2, 0.25) is 11.8 Å². The predicted octanol–water partition coefficient (Wildman–Crippen LogP) is 2.65. The van der Waals surface area contributed by atoms with Crippen molar-refractivity contribution in [3.63, 3.8) is 0 Å². The lowest BCUT2D eigenvalue weighted by Crippen LogP contribution is -2.42. The maximum absolute atomic E-state index is 12.2. The summed E-state index contributed by atoms with van der Waals surface area (Å²) in [5.74, 6) is 1.16. The number of benzene rings is 1. The highest BCUT2D eigenvalue weighted by molar-refractivity contribution is 5.92. The maximum Gasteiger partial charge on any atom is 0.238 e. The molecule has 0 bridgehead atoms. The molecule has 1 fully saturated rings. The van der Waals surface area contributed by atoms with Crippen LogP contribution < -0.4 is 15.4 Å². The minimum atomic E-state index is -0.139. The number of methoxy groups -OCH3 is 1. The quantitative estimate of drug-likeness (QED) is 0.709. The topological polar surface area (TPSA) is 70.7 Å². The van der Waals surface area contributed by atoms with Crippen LogP contribution in [0.1, 0.15) is 39.0 Å². The number of nitrogens with one attached hydrogen (secondary N) is 2. The third-order valence-corrected chi connectivity index (χ3v) is 4.85. The Balaban J connectivity index is 1.74. The van der Waals surface area contributed by atoms with Gasteiger partial charge in [0.15, 0.2) is 0 Å². The lowest BCUT2D eigenvalue weighted by atomic mass is 9.89. The number of amides is 2. The van der Waals surface area contributed by atoms with Crippen LogP contribution in [0.2, 0.25) is 0 Å². The summed E-state index contributed by atoms with van der Waals surface area (Å²) in [4.78, 5) is 26.3. The van der Waals surface area contributed by atoms with Gasteiger partial charge in [-0.3, -0.25) is 14.5 Å². The number of nitrogens with zero attached hydrogens (tertiary/aromatic N) is 1. The molecule has 1 saturated carbocycles. The molecule has 1 aliphatic rings. The molecule has 6 heteroatoms. The van der Waals surface area contributed by atoms with Crippen LogP contribution in [0.4, 0.5) is 5.69 Å². The molecule has 6 nitrogen and oxygen atoms in total. The molecule has 26 heavy (non-hydrogen) atoms. The fraction of sp³-hybridized carbons (Fsp3) is 0.600. The van der Waals surface area contributed by atoms with E-state index in [0.717, 1.165) is 6.54 Å². The molecule has 1 aromatic rings. The third kappa shape index (κ3) is 7.04. The van der Waals surface area contributed by atoms with Crippen LogP contribution >= 0.6 is 0 Å². The predicted molar refractivity (Wildman–Crippen MR) is 103 cm³/mol. The Hall–Kier alpha value is -2.08. The van der Waals surface area contributed by atoms with E-state index in [0.29, 0.717) is 23.9 Å². The van der Waals surface area contributed by atoms with Gasteiger partial charge < -0.3 is 15.4 Å².